The van der Waals surface area contributed by atoms with E-state index < -0.39 is 0 Å². The van der Waals surface area contributed by atoms with Crippen LogP contribution in [0.3, 0.4) is 0 Å². The van der Waals surface area contributed by atoms with Gasteiger partial charge >= 0.3 is 0 Å². The first-order chi connectivity index (χ1) is 12.0. The van der Waals surface area contributed by atoms with Crippen molar-refractivity contribution in [3.63, 3.8) is 0 Å². The second-order valence-electron chi connectivity index (χ2n) is 5.76. The van der Waals surface area contributed by atoms with Crippen LogP contribution in [-0.2, 0) is 11.3 Å². The highest BCUT2D eigenvalue weighted by atomic mass is 16.5. The zero-order valence-corrected chi connectivity index (χ0v) is 15.8. The van der Waals surface area contributed by atoms with Crippen molar-refractivity contribution >= 4 is 11.9 Å². The maximum Gasteiger partial charge on any atom is 0.222 e. The molecule has 140 valence electrons. The highest BCUT2D eigenvalue weighted by Gasteiger charge is 2.06. The SMILES string of the molecule is CCNC(=NCc1ccc(OC)c(OC)c1)NCCNC(=O)C(C)C. The number of carbonyl (C=O) groups is 1. The first-order valence-electron chi connectivity index (χ1n) is 8.52. The number of ether oxygens (including phenoxy) is 2. The molecule has 3 N–H and O–H groups in total. The summed E-state index contributed by atoms with van der Waals surface area (Å²) in [6.45, 7) is 8.18. The first kappa shape index (κ1) is 20.6. The van der Waals surface area contributed by atoms with Gasteiger partial charge in [-0.15, -0.1) is 0 Å². The van der Waals surface area contributed by atoms with E-state index in [2.05, 4.69) is 20.9 Å². The van der Waals surface area contributed by atoms with E-state index in [9.17, 15) is 4.79 Å². The minimum absolute atomic E-state index is 0.00745. The number of hydrogen-bond donors (Lipinski definition) is 3. The predicted molar refractivity (Wildman–Crippen MR) is 100 cm³/mol. The molecule has 7 heteroatoms. The Kier molecular flexibility index (Phi) is 9.21. The Morgan fingerprint density at radius 2 is 1.76 bits per heavy atom. The maximum atomic E-state index is 11.5. The molecule has 0 unspecified atom stereocenters. The van der Waals surface area contributed by atoms with Gasteiger partial charge in [0.1, 0.15) is 0 Å². The lowest BCUT2D eigenvalue weighted by Gasteiger charge is -2.13. The number of benzene rings is 1. The van der Waals surface area contributed by atoms with Gasteiger partial charge in [-0.05, 0) is 24.6 Å². The standard InChI is InChI=1S/C18H30N4O3/c1-6-19-18(21-10-9-20-17(23)13(2)3)22-12-14-7-8-15(24-4)16(11-14)25-5/h7-8,11,13H,6,9-10,12H2,1-5H3,(H,20,23)(H2,19,21,22). The molecule has 1 aromatic carbocycles. The van der Waals surface area contributed by atoms with Gasteiger partial charge < -0.3 is 25.4 Å². The minimum Gasteiger partial charge on any atom is -0.493 e. The molecule has 0 saturated carbocycles. The molecule has 0 bridgehead atoms. The van der Waals surface area contributed by atoms with Crippen LogP contribution in [0.15, 0.2) is 23.2 Å². The first-order valence-corrected chi connectivity index (χ1v) is 8.52. The van der Waals surface area contributed by atoms with Crippen LogP contribution >= 0.6 is 0 Å². The number of aliphatic imine (C=N–C) groups is 1. The Hall–Kier alpha value is -2.44. The summed E-state index contributed by atoms with van der Waals surface area (Å²) in [6.07, 6.45) is 0. The molecule has 0 aliphatic rings. The van der Waals surface area contributed by atoms with Crippen LogP contribution in [0.4, 0.5) is 0 Å². The maximum absolute atomic E-state index is 11.5. The molecule has 0 heterocycles. The lowest BCUT2D eigenvalue weighted by Crippen LogP contribution is -2.42. The third kappa shape index (κ3) is 7.32. The summed E-state index contributed by atoms with van der Waals surface area (Å²) in [7, 11) is 3.23. The quantitative estimate of drug-likeness (QED) is 0.357. The van der Waals surface area contributed by atoms with E-state index in [1.165, 1.54) is 0 Å². The lowest BCUT2D eigenvalue weighted by atomic mass is 10.2. The molecule has 1 rings (SSSR count). The normalized spacial score (nSPS) is 11.2. The number of methoxy groups -OCH3 is 2. The summed E-state index contributed by atoms with van der Waals surface area (Å²) < 4.78 is 10.5. The molecule has 1 aromatic rings. The average Bonchev–Trinajstić information content (AvgIpc) is 2.62. The van der Waals surface area contributed by atoms with Crippen LogP contribution in [0.1, 0.15) is 26.3 Å². The molecule has 0 aliphatic heterocycles. The molecule has 0 saturated heterocycles. The molecule has 0 atom stereocenters. The number of rotatable bonds is 9. The van der Waals surface area contributed by atoms with Crippen LogP contribution in [0, 0.1) is 5.92 Å². The van der Waals surface area contributed by atoms with Crippen LogP contribution in [0.2, 0.25) is 0 Å². The minimum atomic E-state index is -0.00745. The number of hydrogen-bond acceptors (Lipinski definition) is 4. The summed E-state index contributed by atoms with van der Waals surface area (Å²) in [5.41, 5.74) is 1.02. The second kappa shape index (κ2) is 11.2. The van der Waals surface area contributed by atoms with E-state index in [1.54, 1.807) is 14.2 Å². The highest BCUT2D eigenvalue weighted by molar-refractivity contribution is 5.80. The van der Waals surface area contributed by atoms with Gasteiger partial charge in [0.05, 0.1) is 20.8 Å². The number of carbonyl (C=O) groups excluding carboxylic acids is 1. The molecule has 25 heavy (non-hydrogen) atoms. The van der Waals surface area contributed by atoms with Gasteiger partial charge in [0.15, 0.2) is 17.5 Å². The van der Waals surface area contributed by atoms with E-state index in [0.717, 1.165) is 12.1 Å². The molecule has 0 aliphatic carbocycles. The Balaban J connectivity index is 2.59. The van der Waals surface area contributed by atoms with Crippen LogP contribution in [0.5, 0.6) is 11.5 Å². The van der Waals surface area contributed by atoms with Crippen LogP contribution < -0.4 is 25.4 Å². The van der Waals surface area contributed by atoms with Crippen molar-refractivity contribution in [3.8, 4) is 11.5 Å². The van der Waals surface area contributed by atoms with Crippen molar-refractivity contribution in [2.24, 2.45) is 10.9 Å². The van der Waals surface area contributed by atoms with Crippen molar-refractivity contribution in [3.05, 3.63) is 23.8 Å². The third-order valence-corrected chi connectivity index (χ3v) is 3.45. The number of nitrogens with zero attached hydrogens (tertiary/aromatic N) is 1. The Morgan fingerprint density at radius 1 is 1.08 bits per heavy atom. The van der Waals surface area contributed by atoms with Crippen molar-refractivity contribution in [1.29, 1.82) is 0 Å². The molecular formula is C18H30N4O3. The average molecular weight is 350 g/mol. The van der Waals surface area contributed by atoms with Crippen molar-refractivity contribution in [2.45, 2.75) is 27.3 Å². The number of guanidine groups is 1. The number of nitrogens with one attached hydrogen (secondary N) is 3. The largest absolute Gasteiger partial charge is 0.493 e. The van der Waals surface area contributed by atoms with Gasteiger partial charge in [0.2, 0.25) is 5.91 Å². The van der Waals surface area contributed by atoms with E-state index in [4.69, 9.17) is 9.47 Å². The Morgan fingerprint density at radius 3 is 2.36 bits per heavy atom. The van der Waals surface area contributed by atoms with E-state index in [1.807, 2.05) is 39.0 Å². The fourth-order valence-electron chi connectivity index (χ4n) is 2.06. The summed E-state index contributed by atoms with van der Waals surface area (Å²) >= 11 is 0. The summed E-state index contributed by atoms with van der Waals surface area (Å²) in [6, 6.07) is 5.73. The molecule has 0 spiro atoms. The van der Waals surface area contributed by atoms with Gasteiger partial charge in [0, 0.05) is 25.6 Å². The molecule has 0 aromatic heterocycles. The lowest BCUT2D eigenvalue weighted by molar-refractivity contribution is -0.123. The summed E-state index contributed by atoms with van der Waals surface area (Å²) in [5.74, 6) is 2.13. The fraction of sp³-hybridized carbons (Fsp3) is 0.556. The molecular weight excluding hydrogens is 320 g/mol. The van der Waals surface area contributed by atoms with Gasteiger partial charge in [-0.3, -0.25) is 4.79 Å². The van der Waals surface area contributed by atoms with Gasteiger partial charge in [0.25, 0.3) is 0 Å². The monoisotopic (exact) mass is 350 g/mol. The van der Waals surface area contributed by atoms with E-state index in [-0.39, 0.29) is 11.8 Å². The van der Waals surface area contributed by atoms with E-state index >= 15 is 0 Å². The molecule has 0 fully saturated rings. The molecule has 0 radical (unpaired) electrons. The van der Waals surface area contributed by atoms with E-state index in [0.29, 0.717) is 37.1 Å². The molecule has 1 amide bonds. The van der Waals surface area contributed by atoms with Crippen molar-refractivity contribution in [2.75, 3.05) is 33.9 Å². The van der Waals surface area contributed by atoms with Gasteiger partial charge in [-0.25, -0.2) is 4.99 Å². The highest BCUT2D eigenvalue weighted by Crippen LogP contribution is 2.27. The fourth-order valence-corrected chi connectivity index (χ4v) is 2.06. The summed E-state index contributed by atoms with van der Waals surface area (Å²) in [4.78, 5) is 16.1. The molecule has 7 nitrogen and oxygen atoms in total. The zero-order chi connectivity index (χ0) is 18.7. The Labute approximate surface area is 150 Å². The van der Waals surface area contributed by atoms with Crippen molar-refractivity contribution in [1.82, 2.24) is 16.0 Å². The van der Waals surface area contributed by atoms with Gasteiger partial charge in [-0.2, -0.15) is 0 Å². The predicted octanol–water partition coefficient (Wildman–Crippen LogP) is 1.53. The summed E-state index contributed by atoms with van der Waals surface area (Å²) in [5, 5.41) is 9.26. The smallest absolute Gasteiger partial charge is 0.222 e. The topological polar surface area (TPSA) is 84.0 Å². The van der Waals surface area contributed by atoms with Crippen LogP contribution in [0.25, 0.3) is 0 Å². The number of amides is 1. The van der Waals surface area contributed by atoms with Gasteiger partial charge in [-0.1, -0.05) is 19.9 Å². The Bertz CT molecular complexity index is 573. The zero-order valence-electron chi connectivity index (χ0n) is 15.8. The third-order valence-electron chi connectivity index (χ3n) is 3.45. The van der Waals surface area contributed by atoms with Crippen LogP contribution in [-0.4, -0.2) is 45.7 Å². The van der Waals surface area contributed by atoms with Crippen molar-refractivity contribution < 1.29 is 14.3 Å². The second-order valence-corrected chi connectivity index (χ2v) is 5.76.